The van der Waals surface area contributed by atoms with Gasteiger partial charge in [0.2, 0.25) is 5.91 Å². The minimum atomic E-state index is -1.09. The molecule has 8 nitrogen and oxygen atoms in total. The Kier molecular flexibility index (Phi) is 7.12. The molecule has 2 N–H and O–H groups in total. The third-order valence-corrected chi connectivity index (χ3v) is 6.95. The van der Waals surface area contributed by atoms with Crippen LogP contribution in [0.15, 0.2) is 48.5 Å². The second-order valence-electron chi connectivity index (χ2n) is 9.74. The van der Waals surface area contributed by atoms with Gasteiger partial charge >= 0.3 is 12.1 Å². The quantitative estimate of drug-likeness (QED) is 0.627. The number of carbonyl (C=O) groups is 3. The van der Waals surface area contributed by atoms with Crippen molar-refractivity contribution in [3.8, 4) is 11.1 Å². The van der Waals surface area contributed by atoms with Crippen LogP contribution in [0, 0.1) is 5.41 Å². The monoisotopic (exact) mass is 480 g/mol. The van der Waals surface area contributed by atoms with Crippen molar-refractivity contribution in [1.29, 1.82) is 0 Å². The number of aliphatic carboxylic acids is 1. The van der Waals surface area contributed by atoms with Crippen LogP contribution in [0.25, 0.3) is 11.1 Å². The van der Waals surface area contributed by atoms with Gasteiger partial charge in [0.05, 0.1) is 12.7 Å². The first kappa shape index (κ1) is 24.7. The Morgan fingerprint density at radius 2 is 1.69 bits per heavy atom. The lowest BCUT2D eigenvalue weighted by Gasteiger charge is -2.41. The minimum absolute atomic E-state index is 0.0255. The number of rotatable bonds is 7. The summed E-state index contributed by atoms with van der Waals surface area (Å²) >= 11 is 0. The standard InChI is InChI=1S/C27H32N2O6/c1-17-23(24(30)31)29(14-15-34-17)25(32)27(2,3)12-13-28-26(33)35-16-22-20-10-6-4-8-18(20)19-9-5-7-11-21(19)22/h4-11,17,22-23H,12-16H2,1-3H3,(H,28,33)(H,30,31). The molecule has 0 radical (unpaired) electrons. The number of ether oxygens (including phenoxy) is 2. The number of carbonyl (C=O) groups excluding carboxylic acids is 2. The molecule has 2 unspecified atom stereocenters. The highest BCUT2D eigenvalue weighted by Gasteiger charge is 2.42. The highest BCUT2D eigenvalue weighted by Crippen LogP contribution is 2.44. The van der Waals surface area contributed by atoms with Crippen LogP contribution in [-0.4, -0.2) is 66.4 Å². The number of fused-ring (bicyclic) bond motifs is 3. The maximum absolute atomic E-state index is 13.2. The molecule has 0 aromatic heterocycles. The summed E-state index contributed by atoms with van der Waals surface area (Å²) in [6.07, 6.45) is -0.785. The molecule has 2 aromatic rings. The Morgan fingerprint density at radius 3 is 2.29 bits per heavy atom. The first-order valence-corrected chi connectivity index (χ1v) is 11.9. The summed E-state index contributed by atoms with van der Waals surface area (Å²) in [6.45, 7) is 6.14. The average Bonchev–Trinajstić information content (AvgIpc) is 3.15. The van der Waals surface area contributed by atoms with Gasteiger partial charge in [-0.25, -0.2) is 9.59 Å². The summed E-state index contributed by atoms with van der Waals surface area (Å²) in [5.41, 5.74) is 3.74. The van der Waals surface area contributed by atoms with E-state index in [9.17, 15) is 19.5 Å². The zero-order chi connectivity index (χ0) is 25.2. The molecule has 1 fully saturated rings. The number of benzene rings is 2. The Morgan fingerprint density at radius 1 is 1.09 bits per heavy atom. The SMILES string of the molecule is CC1OCCN(C(=O)C(C)(C)CCNC(=O)OCC2c3ccccc3-c3ccccc32)C1C(=O)O. The number of hydrogen-bond acceptors (Lipinski definition) is 5. The molecule has 0 saturated carbocycles. The third-order valence-electron chi connectivity index (χ3n) is 6.95. The molecule has 2 aliphatic rings. The Bertz CT molecular complexity index is 1070. The van der Waals surface area contributed by atoms with E-state index in [4.69, 9.17) is 9.47 Å². The largest absolute Gasteiger partial charge is 0.480 e. The van der Waals surface area contributed by atoms with E-state index in [0.29, 0.717) is 13.0 Å². The average molecular weight is 481 g/mol. The van der Waals surface area contributed by atoms with Gasteiger partial charge in [-0.05, 0) is 35.6 Å². The highest BCUT2D eigenvalue weighted by molar-refractivity contribution is 5.87. The molecule has 1 aliphatic carbocycles. The van der Waals surface area contributed by atoms with Crippen molar-refractivity contribution in [2.45, 2.75) is 45.3 Å². The van der Waals surface area contributed by atoms with Gasteiger partial charge in [-0.3, -0.25) is 4.79 Å². The van der Waals surface area contributed by atoms with E-state index in [-0.39, 0.29) is 31.5 Å². The molecule has 186 valence electrons. The van der Waals surface area contributed by atoms with Gasteiger partial charge in [0.25, 0.3) is 0 Å². The van der Waals surface area contributed by atoms with Crippen molar-refractivity contribution in [2.24, 2.45) is 5.41 Å². The smallest absolute Gasteiger partial charge is 0.407 e. The van der Waals surface area contributed by atoms with E-state index in [1.165, 1.54) is 4.90 Å². The summed E-state index contributed by atoms with van der Waals surface area (Å²) in [6, 6.07) is 15.2. The number of carboxylic acid groups (broad SMARTS) is 1. The predicted octanol–water partition coefficient (Wildman–Crippen LogP) is 3.64. The number of hydrogen-bond donors (Lipinski definition) is 2. The maximum Gasteiger partial charge on any atom is 0.407 e. The van der Waals surface area contributed by atoms with Crippen LogP contribution < -0.4 is 5.32 Å². The van der Waals surface area contributed by atoms with Crippen molar-refractivity contribution in [2.75, 3.05) is 26.3 Å². The van der Waals surface area contributed by atoms with Crippen LogP contribution in [0.1, 0.15) is 44.2 Å². The summed E-state index contributed by atoms with van der Waals surface area (Å²) in [5.74, 6) is -1.38. The molecule has 0 bridgehead atoms. The van der Waals surface area contributed by atoms with Gasteiger partial charge in [0.1, 0.15) is 6.61 Å². The van der Waals surface area contributed by atoms with E-state index in [1.54, 1.807) is 20.8 Å². The van der Waals surface area contributed by atoms with Gasteiger partial charge in [-0.15, -0.1) is 0 Å². The van der Waals surface area contributed by atoms with Crippen LogP contribution >= 0.6 is 0 Å². The van der Waals surface area contributed by atoms with Gasteiger partial charge < -0.3 is 24.8 Å². The molecule has 1 saturated heterocycles. The summed E-state index contributed by atoms with van der Waals surface area (Å²) in [4.78, 5) is 38.7. The third kappa shape index (κ3) is 5.03. The number of nitrogens with zero attached hydrogens (tertiary/aromatic N) is 1. The van der Waals surface area contributed by atoms with E-state index in [1.807, 2.05) is 24.3 Å². The first-order valence-electron chi connectivity index (χ1n) is 11.9. The van der Waals surface area contributed by atoms with Crippen molar-refractivity contribution in [3.05, 3.63) is 59.7 Å². The fourth-order valence-electron chi connectivity index (χ4n) is 5.00. The van der Waals surface area contributed by atoms with Crippen molar-refractivity contribution < 1.29 is 29.0 Å². The molecule has 2 aromatic carbocycles. The molecule has 2 amide bonds. The summed E-state index contributed by atoms with van der Waals surface area (Å²) in [5, 5.41) is 12.3. The van der Waals surface area contributed by atoms with Gasteiger partial charge in [0, 0.05) is 24.4 Å². The highest BCUT2D eigenvalue weighted by atomic mass is 16.5. The zero-order valence-corrected chi connectivity index (χ0v) is 20.3. The molecule has 2 atom stereocenters. The fourth-order valence-corrected chi connectivity index (χ4v) is 5.00. The molecule has 0 spiro atoms. The number of amides is 2. The number of alkyl carbamates (subject to hydrolysis) is 1. The predicted molar refractivity (Wildman–Crippen MR) is 130 cm³/mol. The van der Waals surface area contributed by atoms with Crippen LogP contribution in [0.5, 0.6) is 0 Å². The molecular formula is C27H32N2O6. The first-order chi connectivity index (χ1) is 16.7. The van der Waals surface area contributed by atoms with Gasteiger partial charge in [0.15, 0.2) is 6.04 Å². The molecule has 1 aliphatic heterocycles. The summed E-state index contributed by atoms with van der Waals surface area (Å²) < 4.78 is 11.0. The van der Waals surface area contributed by atoms with E-state index in [2.05, 4.69) is 29.6 Å². The van der Waals surface area contributed by atoms with Crippen LogP contribution in [0.3, 0.4) is 0 Å². The van der Waals surface area contributed by atoms with E-state index >= 15 is 0 Å². The number of nitrogens with one attached hydrogen (secondary N) is 1. The Hall–Kier alpha value is -3.39. The lowest BCUT2D eigenvalue weighted by atomic mass is 9.86. The van der Waals surface area contributed by atoms with Crippen LogP contribution in [0.2, 0.25) is 0 Å². The molecule has 1 heterocycles. The number of carboxylic acids is 1. The van der Waals surface area contributed by atoms with Crippen LogP contribution in [-0.2, 0) is 19.1 Å². The zero-order valence-electron chi connectivity index (χ0n) is 20.3. The van der Waals surface area contributed by atoms with Gasteiger partial charge in [-0.1, -0.05) is 62.4 Å². The molecular weight excluding hydrogens is 448 g/mol. The topological polar surface area (TPSA) is 105 Å². The lowest BCUT2D eigenvalue weighted by molar-refractivity contribution is -0.169. The Balaban J connectivity index is 1.31. The fraction of sp³-hybridized carbons (Fsp3) is 0.444. The van der Waals surface area contributed by atoms with E-state index < -0.39 is 29.6 Å². The second kappa shape index (κ2) is 10.1. The van der Waals surface area contributed by atoms with E-state index in [0.717, 1.165) is 22.3 Å². The molecule has 35 heavy (non-hydrogen) atoms. The van der Waals surface area contributed by atoms with Gasteiger partial charge in [-0.2, -0.15) is 0 Å². The van der Waals surface area contributed by atoms with Crippen molar-refractivity contribution >= 4 is 18.0 Å². The van der Waals surface area contributed by atoms with Crippen molar-refractivity contribution in [1.82, 2.24) is 10.2 Å². The lowest BCUT2D eigenvalue weighted by Crippen LogP contribution is -2.59. The normalized spacial score (nSPS) is 19.6. The second-order valence-corrected chi connectivity index (χ2v) is 9.74. The molecule has 4 rings (SSSR count). The minimum Gasteiger partial charge on any atom is -0.480 e. The molecule has 8 heteroatoms. The number of morpholine rings is 1. The Labute approximate surface area is 205 Å². The summed E-state index contributed by atoms with van der Waals surface area (Å²) in [7, 11) is 0. The van der Waals surface area contributed by atoms with Crippen molar-refractivity contribution in [3.63, 3.8) is 0 Å². The van der Waals surface area contributed by atoms with Crippen LogP contribution in [0.4, 0.5) is 4.79 Å². The maximum atomic E-state index is 13.2.